The number of rotatable bonds is 7. The SMILES string of the molecule is CC(c1ccccc1)N(CC(=O)N1CCN(c2ccc(-c3ccc(Cl)cc3Cl)nn2)CC1)C(=O)c1ccc(Cl)cc1. The maximum absolute atomic E-state index is 13.6. The molecule has 0 bridgehead atoms. The van der Waals surface area contributed by atoms with Crippen LogP contribution in [-0.4, -0.2) is 64.5 Å². The summed E-state index contributed by atoms with van der Waals surface area (Å²) in [6.07, 6.45) is 0. The van der Waals surface area contributed by atoms with Crippen LogP contribution in [0.1, 0.15) is 28.9 Å². The molecule has 41 heavy (non-hydrogen) atoms. The zero-order valence-corrected chi connectivity index (χ0v) is 24.7. The van der Waals surface area contributed by atoms with Crippen molar-refractivity contribution in [1.82, 2.24) is 20.0 Å². The van der Waals surface area contributed by atoms with Crippen LogP contribution in [0.2, 0.25) is 15.1 Å². The van der Waals surface area contributed by atoms with Gasteiger partial charge in [-0.05, 0) is 67.1 Å². The molecule has 0 saturated carbocycles. The molecule has 2 heterocycles. The molecule has 2 amide bonds. The van der Waals surface area contributed by atoms with Crippen LogP contribution >= 0.6 is 34.8 Å². The minimum atomic E-state index is -0.299. The Bertz CT molecular complexity index is 1510. The summed E-state index contributed by atoms with van der Waals surface area (Å²) in [5, 5.41) is 10.4. The molecule has 0 radical (unpaired) electrons. The van der Waals surface area contributed by atoms with E-state index < -0.39 is 0 Å². The number of piperazine rings is 1. The molecule has 1 saturated heterocycles. The fraction of sp³-hybridized carbons (Fsp3) is 0.226. The van der Waals surface area contributed by atoms with Crippen molar-refractivity contribution in [3.05, 3.63) is 111 Å². The molecule has 3 aromatic carbocycles. The average molecular weight is 609 g/mol. The zero-order valence-electron chi connectivity index (χ0n) is 22.4. The largest absolute Gasteiger partial charge is 0.352 e. The van der Waals surface area contributed by atoms with Crippen molar-refractivity contribution in [2.24, 2.45) is 0 Å². The van der Waals surface area contributed by atoms with E-state index in [9.17, 15) is 9.59 Å². The lowest BCUT2D eigenvalue weighted by Gasteiger charge is -2.37. The number of hydrogen-bond acceptors (Lipinski definition) is 5. The van der Waals surface area contributed by atoms with E-state index in [-0.39, 0.29) is 24.4 Å². The molecule has 0 spiro atoms. The van der Waals surface area contributed by atoms with Gasteiger partial charge >= 0.3 is 0 Å². The third kappa shape index (κ3) is 6.81. The van der Waals surface area contributed by atoms with Crippen LogP contribution in [-0.2, 0) is 4.79 Å². The molecular weight excluding hydrogens is 581 g/mol. The van der Waals surface area contributed by atoms with Gasteiger partial charge in [-0.3, -0.25) is 9.59 Å². The Kier molecular flexibility index (Phi) is 9.08. The van der Waals surface area contributed by atoms with Gasteiger partial charge in [-0.1, -0.05) is 65.1 Å². The predicted molar refractivity (Wildman–Crippen MR) is 164 cm³/mol. The summed E-state index contributed by atoms with van der Waals surface area (Å²) in [7, 11) is 0. The van der Waals surface area contributed by atoms with E-state index in [1.165, 1.54) is 0 Å². The topological polar surface area (TPSA) is 69.6 Å². The molecule has 5 rings (SSSR count). The van der Waals surface area contributed by atoms with Gasteiger partial charge in [-0.25, -0.2) is 0 Å². The van der Waals surface area contributed by atoms with Gasteiger partial charge in [-0.2, -0.15) is 0 Å². The summed E-state index contributed by atoms with van der Waals surface area (Å²) in [5.41, 5.74) is 2.85. The fourth-order valence-electron chi connectivity index (χ4n) is 4.82. The summed E-state index contributed by atoms with van der Waals surface area (Å²) in [4.78, 5) is 32.6. The lowest BCUT2D eigenvalue weighted by molar-refractivity contribution is -0.132. The van der Waals surface area contributed by atoms with Gasteiger partial charge < -0.3 is 14.7 Å². The van der Waals surface area contributed by atoms with Crippen molar-refractivity contribution in [1.29, 1.82) is 0 Å². The Labute approximate surface area is 254 Å². The predicted octanol–water partition coefficient (Wildman–Crippen LogP) is 6.66. The number of hydrogen-bond donors (Lipinski definition) is 0. The second-order valence-corrected chi connectivity index (χ2v) is 11.1. The van der Waals surface area contributed by atoms with Crippen LogP contribution in [0.4, 0.5) is 5.82 Å². The third-order valence-electron chi connectivity index (χ3n) is 7.22. The molecule has 4 aromatic rings. The maximum atomic E-state index is 13.6. The number of nitrogens with zero attached hydrogens (tertiary/aromatic N) is 5. The molecule has 1 aliphatic heterocycles. The highest BCUT2D eigenvalue weighted by Crippen LogP contribution is 2.29. The number of carbonyl (C=O) groups excluding carboxylic acids is 2. The smallest absolute Gasteiger partial charge is 0.254 e. The van der Waals surface area contributed by atoms with E-state index in [0.717, 1.165) is 16.9 Å². The first kappa shape index (κ1) is 28.9. The third-order valence-corrected chi connectivity index (χ3v) is 8.02. The van der Waals surface area contributed by atoms with Gasteiger partial charge in [0, 0.05) is 47.4 Å². The number of benzene rings is 3. The van der Waals surface area contributed by atoms with Gasteiger partial charge in [0.25, 0.3) is 5.91 Å². The second kappa shape index (κ2) is 12.9. The Morgan fingerprint density at radius 1 is 0.829 bits per heavy atom. The lowest BCUT2D eigenvalue weighted by atomic mass is 10.1. The normalized spacial score (nSPS) is 14.0. The molecule has 210 valence electrons. The number of amides is 2. The van der Waals surface area contributed by atoms with Crippen LogP contribution in [0.25, 0.3) is 11.3 Å². The van der Waals surface area contributed by atoms with Crippen molar-refractivity contribution in [2.75, 3.05) is 37.6 Å². The quantitative estimate of drug-likeness (QED) is 0.235. The number of aromatic nitrogens is 2. The zero-order chi connectivity index (χ0) is 28.9. The van der Waals surface area contributed by atoms with Crippen LogP contribution in [0.3, 0.4) is 0 Å². The molecule has 0 aliphatic carbocycles. The summed E-state index contributed by atoms with van der Waals surface area (Å²) >= 11 is 18.4. The molecule has 10 heteroatoms. The minimum absolute atomic E-state index is 0.0339. The van der Waals surface area contributed by atoms with Crippen LogP contribution in [0.5, 0.6) is 0 Å². The van der Waals surface area contributed by atoms with Crippen molar-refractivity contribution in [2.45, 2.75) is 13.0 Å². The number of halogens is 3. The number of anilines is 1. The Balaban J connectivity index is 1.25. The standard InChI is InChI=1S/C31H28Cl3N5O2/c1-21(22-5-3-2-4-6-22)39(31(41)23-7-9-24(32)10-8-23)20-30(40)38-17-15-37(16-18-38)29-14-13-28(35-36-29)26-12-11-25(33)19-27(26)34/h2-14,19,21H,15-18,20H2,1H3. The van der Waals surface area contributed by atoms with Crippen LogP contribution in [0, 0.1) is 0 Å². The molecule has 0 N–H and O–H groups in total. The first-order valence-electron chi connectivity index (χ1n) is 13.2. The lowest BCUT2D eigenvalue weighted by Crippen LogP contribution is -2.52. The molecule has 1 fully saturated rings. The van der Waals surface area contributed by atoms with Crippen molar-refractivity contribution < 1.29 is 9.59 Å². The highest BCUT2D eigenvalue weighted by atomic mass is 35.5. The van der Waals surface area contributed by atoms with E-state index in [2.05, 4.69) is 15.1 Å². The molecule has 7 nitrogen and oxygen atoms in total. The van der Waals surface area contributed by atoms with Gasteiger partial charge in [0.2, 0.25) is 5.91 Å². The van der Waals surface area contributed by atoms with Gasteiger partial charge in [-0.15, -0.1) is 10.2 Å². The maximum Gasteiger partial charge on any atom is 0.254 e. The van der Waals surface area contributed by atoms with E-state index >= 15 is 0 Å². The minimum Gasteiger partial charge on any atom is -0.352 e. The van der Waals surface area contributed by atoms with E-state index in [1.54, 1.807) is 46.2 Å². The summed E-state index contributed by atoms with van der Waals surface area (Å²) in [5.74, 6) is 0.401. The highest BCUT2D eigenvalue weighted by Gasteiger charge is 2.29. The first-order chi connectivity index (χ1) is 19.8. The molecule has 1 atom stereocenters. The summed E-state index contributed by atoms with van der Waals surface area (Å²) in [6.45, 7) is 4.12. The van der Waals surface area contributed by atoms with E-state index in [0.29, 0.717) is 52.5 Å². The van der Waals surface area contributed by atoms with Crippen molar-refractivity contribution >= 4 is 52.4 Å². The van der Waals surface area contributed by atoms with Gasteiger partial charge in [0.05, 0.1) is 16.8 Å². The Morgan fingerprint density at radius 3 is 2.15 bits per heavy atom. The van der Waals surface area contributed by atoms with E-state index in [4.69, 9.17) is 34.8 Å². The monoisotopic (exact) mass is 607 g/mol. The number of carbonyl (C=O) groups is 2. The van der Waals surface area contributed by atoms with Crippen LogP contribution in [0.15, 0.2) is 84.9 Å². The molecule has 1 aliphatic rings. The average Bonchev–Trinajstić information content (AvgIpc) is 3.00. The second-order valence-electron chi connectivity index (χ2n) is 9.80. The summed E-state index contributed by atoms with van der Waals surface area (Å²) in [6, 6.07) is 25.2. The Hall–Kier alpha value is -3.65. The molecule has 1 unspecified atom stereocenters. The summed E-state index contributed by atoms with van der Waals surface area (Å²) < 4.78 is 0. The van der Waals surface area contributed by atoms with Gasteiger partial charge in [0.1, 0.15) is 6.54 Å². The van der Waals surface area contributed by atoms with E-state index in [1.807, 2.05) is 55.5 Å². The van der Waals surface area contributed by atoms with Crippen molar-refractivity contribution in [3.8, 4) is 11.3 Å². The highest BCUT2D eigenvalue weighted by molar-refractivity contribution is 6.36. The van der Waals surface area contributed by atoms with Crippen LogP contribution < -0.4 is 4.90 Å². The first-order valence-corrected chi connectivity index (χ1v) is 14.4. The fourth-order valence-corrected chi connectivity index (χ4v) is 5.45. The van der Waals surface area contributed by atoms with Crippen molar-refractivity contribution in [3.63, 3.8) is 0 Å². The molecule has 1 aromatic heterocycles. The Morgan fingerprint density at radius 2 is 1.51 bits per heavy atom. The van der Waals surface area contributed by atoms with Gasteiger partial charge in [0.15, 0.2) is 5.82 Å². The molecular formula is C31H28Cl3N5O2.